The number of hydrogen-bond acceptors (Lipinski definition) is 6. The molecule has 0 saturated carbocycles. The predicted octanol–water partition coefficient (Wildman–Crippen LogP) is 3.60. The minimum absolute atomic E-state index is 0.298. The summed E-state index contributed by atoms with van der Waals surface area (Å²) in [4.78, 5) is 19.3. The average molecular weight is 385 g/mol. The van der Waals surface area contributed by atoms with Gasteiger partial charge in [0.05, 0.1) is 33.2 Å². The lowest BCUT2D eigenvalue weighted by molar-refractivity contribution is 0.102. The van der Waals surface area contributed by atoms with E-state index >= 15 is 0 Å². The Kier molecular flexibility index (Phi) is 6.23. The van der Waals surface area contributed by atoms with E-state index in [4.69, 9.17) is 14.2 Å². The zero-order valence-corrected chi connectivity index (χ0v) is 16.8. The van der Waals surface area contributed by atoms with Crippen molar-refractivity contribution in [3.05, 3.63) is 36.2 Å². The zero-order valence-electron chi connectivity index (χ0n) is 16.8. The number of amides is 1. The number of ether oxygens (including phenoxy) is 3. The molecule has 1 N–H and O–H groups in total. The highest BCUT2D eigenvalue weighted by atomic mass is 16.5. The van der Waals surface area contributed by atoms with Crippen molar-refractivity contribution >= 4 is 17.3 Å². The SMILES string of the molecule is COc1cc(NC(=O)c2ccc(N3CCCC(C)C3)cn2)cc(OC)c1OC. The van der Waals surface area contributed by atoms with E-state index in [0.29, 0.717) is 34.5 Å². The summed E-state index contributed by atoms with van der Waals surface area (Å²) < 4.78 is 15.9. The van der Waals surface area contributed by atoms with Gasteiger partial charge in [-0.3, -0.25) is 4.79 Å². The Morgan fingerprint density at radius 1 is 1.14 bits per heavy atom. The van der Waals surface area contributed by atoms with Crippen molar-refractivity contribution in [2.45, 2.75) is 19.8 Å². The summed E-state index contributed by atoms with van der Waals surface area (Å²) in [6.45, 7) is 4.32. The number of carbonyl (C=O) groups is 1. The number of anilines is 2. The van der Waals surface area contributed by atoms with Crippen LogP contribution in [-0.2, 0) is 0 Å². The second-order valence-corrected chi connectivity index (χ2v) is 6.96. The minimum atomic E-state index is -0.298. The Hall–Kier alpha value is -2.96. The number of aromatic nitrogens is 1. The van der Waals surface area contributed by atoms with Crippen LogP contribution in [0, 0.1) is 5.92 Å². The van der Waals surface area contributed by atoms with Crippen LogP contribution in [0.4, 0.5) is 11.4 Å². The van der Waals surface area contributed by atoms with E-state index in [1.807, 2.05) is 6.07 Å². The molecule has 1 aliphatic heterocycles. The Morgan fingerprint density at radius 2 is 1.86 bits per heavy atom. The largest absolute Gasteiger partial charge is 0.493 e. The molecule has 1 atom stereocenters. The maximum absolute atomic E-state index is 12.6. The normalized spacial score (nSPS) is 16.4. The number of piperidine rings is 1. The third kappa shape index (κ3) is 4.30. The van der Waals surface area contributed by atoms with Crippen molar-refractivity contribution in [2.75, 3.05) is 44.6 Å². The fourth-order valence-electron chi connectivity index (χ4n) is 3.48. The third-order valence-electron chi connectivity index (χ3n) is 4.93. The number of rotatable bonds is 6. The lowest BCUT2D eigenvalue weighted by Gasteiger charge is -2.32. The Bertz CT molecular complexity index is 798. The Labute approximate surface area is 165 Å². The number of nitrogens with zero attached hydrogens (tertiary/aromatic N) is 2. The van der Waals surface area contributed by atoms with E-state index in [1.54, 1.807) is 24.4 Å². The Morgan fingerprint density at radius 3 is 2.39 bits per heavy atom. The molecule has 0 aliphatic carbocycles. The molecule has 3 rings (SSSR count). The number of nitrogens with one attached hydrogen (secondary N) is 1. The molecular weight excluding hydrogens is 358 g/mol. The van der Waals surface area contributed by atoms with Gasteiger partial charge in [-0.15, -0.1) is 0 Å². The van der Waals surface area contributed by atoms with Gasteiger partial charge in [0, 0.05) is 30.9 Å². The van der Waals surface area contributed by atoms with Crippen molar-refractivity contribution < 1.29 is 19.0 Å². The van der Waals surface area contributed by atoms with E-state index in [9.17, 15) is 4.79 Å². The van der Waals surface area contributed by atoms with Crippen molar-refractivity contribution in [3.8, 4) is 17.2 Å². The van der Waals surface area contributed by atoms with Gasteiger partial charge in [0.2, 0.25) is 5.75 Å². The molecule has 1 aromatic carbocycles. The van der Waals surface area contributed by atoms with Gasteiger partial charge in [0.1, 0.15) is 5.69 Å². The molecule has 7 nitrogen and oxygen atoms in total. The van der Waals surface area contributed by atoms with E-state index in [-0.39, 0.29) is 5.91 Å². The monoisotopic (exact) mass is 385 g/mol. The van der Waals surface area contributed by atoms with Crippen LogP contribution in [0.25, 0.3) is 0 Å². The van der Waals surface area contributed by atoms with Crippen LogP contribution in [0.1, 0.15) is 30.3 Å². The van der Waals surface area contributed by atoms with Gasteiger partial charge in [-0.2, -0.15) is 0 Å². The molecule has 28 heavy (non-hydrogen) atoms. The van der Waals surface area contributed by atoms with Crippen LogP contribution in [-0.4, -0.2) is 45.3 Å². The first kappa shape index (κ1) is 19.8. The molecule has 2 heterocycles. The lowest BCUT2D eigenvalue weighted by Crippen LogP contribution is -2.34. The van der Waals surface area contributed by atoms with Gasteiger partial charge in [-0.25, -0.2) is 4.98 Å². The van der Waals surface area contributed by atoms with E-state index < -0.39 is 0 Å². The molecule has 1 amide bonds. The molecule has 7 heteroatoms. The maximum Gasteiger partial charge on any atom is 0.274 e. The molecular formula is C21H27N3O4. The van der Waals surface area contributed by atoms with Gasteiger partial charge in [0.15, 0.2) is 11.5 Å². The number of methoxy groups -OCH3 is 3. The van der Waals surface area contributed by atoms with Crippen molar-refractivity contribution in [1.82, 2.24) is 4.98 Å². The number of benzene rings is 1. The van der Waals surface area contributed by atoms with Crippen molar-refractivity contribution in [1.29, 1.82) is 0 Å². The van der Waals surface area contributed by atoms with E-state index in [0.717, 1.165) is 18.8 Å². The van der Waals surface area contributed by atoms with E-state index in [1.165, 1.54) is 34.2 Å². The fraction of sp³-hybridized carbons (Fsp3) is 0.429. The van der Waals surface area contributed by atoms with Crippen molar-refractivity contribution in [2.24, 2.45) is 5.92 Å². The molecule has 1 saturated heterocycles. The first-order valence-electron chi connectivity index (χ1n) is 9.38. The zero-order chi connectivity index (χ0) is 20.1. The second-order valence-electron chi connectivity index (χ2n) is 6.96. The van der Waals surface area contributed by atoms with Crippen LogP contribution in [0.5, 0.6) is 17.2 Å². The highest BCUT2D eigenvalue weighted by Crippen LogP contribution is 2.40. The first-order chi connectivity index (χ1) is 13.5. The number of pyridine rings is 1. The van der Waals surface area contributed by atoms with Gasteiger partial charge >= 0.3 is 0 Å². The summed E-state index contributed by atoms with van der Waals surface area (Å²) in [5.74, 6) is 1.80. The van der Waals surface area contributed by atoms with Crippen molar-refractivity contribution in [3.63, 3.8) is 0 Å². The molecule has 0 spiro atoms. The standard InChI is InChI=1S/C21H27N3O4/c1-14-6-5-9-24(13-14)16-7-8-17(22-12-16)21(25)23-15-10-18(26-2)20(28-4)19(11-15)27-3/h7-8,10-12,14H,5-6,9,13H2,1-4H3,(H,23,25). The van der Waals surface area contributed by atoms with Gasteiger partial charge in [-0.1, -0.05) is 6.92 Å². The summed E-state index contributed by atoms with van der Waals surface area (Å²) in [6.07, 6.45) is 4.21. The molecule has 150 valence electrons. The third-order valence-corrected chi connectivity index (χ3v) is 4.93. The van der Waals surface area contributed by atoms with Crippen LogP contribution in [0.2, 0.25) is 0 Å². The molecule has 2 aromatic rings. The molecule has 1 aromatic heterocycles. The predicted molar refractivity (Wildman–Crippen MR) is 109 cm³/mol. The molecule has 0 radical (unpaired) electrons. The molecule has 1 unspecified atom stereocenters. The minimum Gasteiger partial charge on any atom is -0.493 e. The van der Waals surface area contributed by atoms with Gasteiger partial charge in [-0.05, 0) is 30.9 Å². The van der Waals surface area contributed by atoms with Gasteiger partial charge in [0.25, 0.3) is 5.91 Å². The summed E-state index contributed by atoms with van der Waals surface area (Å²) in [6, 6.07) is 7.07. The average Bonchev–Trinajstić information content (AvgIpc) is 2.73. The van der Waals surface area contributed by atoms with E-state index in [2.05, 4.69) is 22.1 Å². The van der Waals surface area contributed by atoms with Crippen LogP contribution < -0.4 is 24.4 Å². The number of hydrogen-bond donors (Lipinski definition) is 1. The highest BCUT2D eigenvalue weighted by Gasteiger charge is 2.18. The van der Waals surface area contributed by atoms with Crippen LogP contribution in [0.15, 0.2) is 30.5 Å². The summed E-state index contributed by atoms with van der Waals surface area (Å²) in [5, 5.41) is 2.83. The topological polar surface area (TPSA) is 72.9 Å². The smallest absolute Gasteiger partial charge is 0.274 e. The lowest BCUT2D eigenvalue weighted by atomic mass is 10.00. The second kappa shape index (κ2) is 8.82. The van der Waals surface area contributed by atoms with Crippen LogP contribution in [0.3, 0.4) is 0 Å². The van der Waals surface area contributed by atoms with Crippen LogP contribution >= 0.6 is 0 Å². The summed E-state index contributed by atoms with van der Waals surface area (Å²) >= 11 is 0. The fourth-order valence-corrected chi connectivity index (χ4v) is 3.48. The number of carbonyl (C=O) groups excluding carboxylic acids is 1. The quantitative estimate of drug-likeness (QED) is 0.819. The first-order valence-corrected chi connectivity index (χ1v) is 9.38. The molecule has 1 fully saturated rings. The summed E-state index contributed by atoms with van der Waals surface area (Å²) in [7, 11) is 4.60. The molecule has 1 aliphatic rings. The highest BCUT2D eigenvalue weighted by molar-refractivity contribution is 6.03. The summed E-state index contributed by atoms with van der Waals surface area (Å²) in [5.41, 5.74) is 1.94. The Balaban J connectivity index is 1.74. The van der Waals surface area contributed by atoms with Gasteiger partial charge < -0.3 is 24.4 Å². The molecule has 0 bridgehead atoms. The maximum atomic E-state index is 12.6.